The van der Waals surface area contributed by atoms with Gasteiger partial charge in [0.1, 0.15) is 0 Å². The Hall–Kier alpha value is -2.12. The minimum atomic E-state index is -0.217. The van der Waals surface area contributed by atoms with Crippen molar-refractivity contribution in [1.29, 1.82) is 0 Å². The Morgan fingerprint density at radius 3 is 2.92 bits per heavy atom. The third kappa shape index (κ3) is 4.34. The van der Waals surface area contributed by atoms with Crippen LogP contribution in [0, 0.1) is 5.92 Å². The van der Waals surface area contributed by atoms with Crippen molar-refractivity contribution in [3.05, 3.63) is 34.7 Å². The molecule has 0 unspecified atom stereocenters. The summed E-state index contributed by atoms with van der Waals surface area (Å²) in [7, 11) is 3.44. The molecule has 1 N–H and O–H groups in total. The van der Waals surface area contributed by atoms with Gasteiger partial charge in [-0.2, -0.15) is 0 Å². The van der Waals surface area contributed by atoms with Gasteiger partial charge in [0.25, 0.3) is 0 Å². The molecule has 0 spiro atoms. The Balaban J connectivity index is 1.64. The second-order valence-corrected chi connectivity index (χ2v) is 7.79. The molecule has 1 aliphatic rings. The van der Waals surface area contributed by atoms with Gasteiger partial charge in [0, 0.05) is 43.2 Å². The van der Waals surface area contributed by atoms with Crippen molar-refractivity contribution in [2.75, 3.05) is 32.5 Å². The number of carbonyl (C=O) groups excluding carboxylic acids is 2. The molecule has 0 saturated carbocycles. The van der Waals surface area contributed by atoms with Crippen molar-refractivity contribution >= 4 is 40.0 Å². The fraction of sp³-hybridized carbons (Fsp3) is 0.389. The predicted octanol–water partition coefficient (Wildman–Crippen LogP) is 3.80. The van der Waals surface area contributed by atoms with Crippen molar-refractivity contribution in [2.24, 2.45) is 5.92 Å². The monoisotopic (exact) mass is 392 g/mol. The Morgan fingerprint density at radius 2 is 2.19 bits per heavy atom. The fourth-order valence-electron chi connectivity index (χ4n) is 2.97. The molecule has 6 nitrogen and oxygen atoms in total. The number of urea groups is 1. The minimum Gasteiger partial charge on any atom is -0.331 e. The van der Waals surface area contributed by atoms with Gasteiger partial charge in [-0.3, -0.25) is 4.79 Å². The maximum atomic E-state index is 12.6. The lowest BCUT2D eigenvalue weighted by molar-refractivity contribution is -0.121. The zero-order valence-corrected chi connectivity index (χ0v) is 16.3. The average Bonchev–Trinajstić information content (AvgIpc) is 3.09. The largest absolute Gasteiger partial charge is 0.331 e. The smallest absolute Gasteiger partial charge is 0.319 e. The van der Waals surface area contributed by atoms with Gasteiger partial charge in [-0.05, 0) is 25.0 Å². The molecule has 8 heteroatoms. The van der Waals surface area contributed by atoms with Gasteiger partial charge in [0.05, 0.1) is 11.6 Å². The number of hydrogen-bond acceptors (Lipinski definition) is 4. The first-order valence-electron chi connectivity index (χ1n) is 8.42. The number of likely N-dealkylation sites (tertiary alicyclic amines) is 1. The van der Waals surface area contributed by atoms with E-state index in [4.69, 9.17) is 11.6 Å². The Labute approximate surface area is 161 Å². The van der Waals surface area contributed by atoms with Crippen LogP contribution in [0.1, 0.15) is 12.8 Å². The normalized spacial score (nSPS) is 17.0. The van der Waals surface area contributed by atoms with E-state index in [0.29, 0.717) is 23.2 Å². The zero-order valence-electron chi connectivity index (χ0n) is 14.7. The van der Waals surface area contributed by atoms with E-state index in [0.717, 1.165) is 24.1 Å². The zero-order chi connectivity index (χ0) is 18.7. The molecule has 1 fully saturated rings. The molecular formula is C18H21ClN4O2S. The first-order valence-corrected chi connectivity index (χ1v) is 9.68. The highest BCUT2D eigenvalue weighted by molar-refractivity contribution is 7.14. The predicted molar refractivity (Wildman–Crippen MR) is 105 cm³/mol. The van der Waals surface area contributed by atoms with Gasteiger partial charge in [-0.15, -0.1) is 11.3 Å². The number of amides is 3. The third-order valence-corrected chi connectivity index (χ3v) is 5.29. The topological polar surface area (TPSA) is 65.5 Å². The fourth-order valence-corrected chi connectivity index (χ4v) is 3.88. The number of rotatable bonds is 3. The van der Waals surface area contributed by atoms with E-state index in [9.17, 15) is 9.59 Å². The van der Waals surface area contributed by atoms with Crippen LogP contribution in [0.2, 0.25) is 5.02 Å². The molecule has 1 aromatic heterocycles. The second-order valence-electron chi connectivity index (χ2n) is 6.50. The van der Waals surface area contributed by atoms with Crippen LogP contribution in [0.5, 0.6) is 0 Å². The standard InChI is InChI=1S/C18H21ClN4O2S/c1-22(2)18(25)23-8-4-6-13(10-23)16(24)21-17-20-15(11-26-17)12-5-3-7-14(19)9-12/h3,5,7,9,11,13H,4,6,8,10H2,1-2H3,(H,20,21,24)/t13-/m1/s1. The highest BCUT2D eigenvalue weighted by atomic mass is 35.5. The molecule has 2 heterocycles. The van der Waals surface area contributed by atoms with Gasteiger partial charge in [-0.1, -0.05) is 23.7 Å². The summed E-state index contributed by atoms with van der Waals surface area (Å²) in [6.07, 6.45) is 1.60. The Morgan fingerprint density at radius 1 is 1.38 bits per heavy atom. The lowest BCUT2D eigenvalue weighted by Crippen LogP contribution is -2.47. The molecule has 0 radical (unpaired) electrons. The lowest BCUT2D eigenvalue weighted by atomic mass is 9.97. The molecule has 138 valence electrons. The summed E-state index contributed by atoms with van der Waals surface area (Å²) in [5.41, 5.74) is 1.69. The van der Waals surface area contributed by atoms with E-state index >= 15 is 0 Å². The number of benzene rings is 1. The van der Waals surface area contributed by atoms with Crippen LogP contribution < -0.4 is 5.32 Å². The van der Waals surface area contributed by atoms with Crippen molar-refractivity contribution in [3.8, 4) is 11.3 Å². The molecule has 1 aromatic carbocycles. The highest BCUT2D eigenvalue weighted by Crippen LogP contribution is 2.27. The van der Waals surface area contributed by atoms with Gasteiger partial charge in [-0.25, -0.2) is 9.78 Å². The number of nitrogens with one attached hydrogen (secondary N) is 1. The second kappa shape index (κ2) is 8.05. The average molecular weight is 393 g/mol. The van der Waals surface area contributed by atoms with Gasteiger partial charge < -0.3 is 15.1 Å². The SMILES string of the molecule is CN(C)C(=O)N1CCC[C@@H](C(=O)Nc2nc(-c3cccc(Cl)c3)cs2)C1. The van der Waals surface area contributed by atoms with E-state index in [1.54, 1.807) is 23.9 Å². The summed E-state index contributed by atoms with van der Waals surface area (Å²) >= 11 is 7.40. The minimum absolute atomic E-state index is 0.0556. The molecule has 3 rings (SSSR count). The molecule has 0 bridgehead atoms. The molecule has 1 aliphatic heterocycles. The molecule has 26 heavy (non-hydrogen) atoms. The molecule has 1 atom stereocenters. The lowest BCUT2D eigenvalue weighted by Gasteiger charge is -2.33. The molecule has 3 amide bonds. The van der Waals surface area contributed by atoms with Crippen LogP contribution in [0.15, 0.2) is 29.6 Å². The van der Waals surface area contributed by atoms with Crippen LogP contribution in [-0.2, 0) is 4.79 Å². The number of anilines is 1. The number of thiazole rings is 1. The number of hydrogen-bond donors (Lipinski definition) is 1. The van der Waals surface area contributed by atoms with Crippen LogP contribution in [-0.4, -0.2) is 53.9 Å². The van der Waals surface area contributed by atoms with Gasteiger partial charge in [0.15, 0.2) is 5.13 Å². The van der Waals surface area contributed by atoms with Crippen molar-refractivity contribution in [3.63, 3.8) is 0 Å². The maximum absolute atomic E-state index is 12.6. The van der Waals surface area contributed by atoms with Gasteiger partial charge in [0.2, 0.25) is 5.91 Å². The Kier molecular flexibility index (Phi) is 5.78. The van der Waals surface area contributed by atoms with E-state index in [1.807, 2.05) is 29.6 Å². The summed E-state index contributed by atoms with van der Waals surface area (Å²) < 4.78 is 0. The van der Waals surface area contributed by atoms with Crippen molar-refractivity contribution in [1.82, 2.24) is 14.8 Å². The Bertz CT molecular complexity index is 808. The first kappa shape index (κ1) is 18.7. The van der Waals surface area contributed by atoms with Crippen LogP contribution in [0.25, 0.3) is 11.3 Å². The van der Waals surface area contributed by atoms with Crippen molar-refractivity contribution in [2.45, 2.75) is 12.8 Å². The summed E-state index contributed by atoms with van der Waals surface area (Å²) in [5, 5.41) is 5.99. The van der Waals surface area contributed by atoms with Crippen molar-refractivity contribution < 1.29 is 9.59 Å². The first-order chi connectivity index (χ1) is 12.4. The van der Waals surface area contributed by atoms with Crippen LogP contribution in [0.3, 0.4) is 0 Å². The number of carbonyl (C=O) groups is 2. The summed E-state index contributed by atoms with van der Waals surface area (Å²) in [6, 6.07) is 7.39. The summed E-state index contributed by atoms with van der Waals surface area (Å²) in [4.78, 5) is 32.4. The van der Waals surface area contributed by atoms with E-state index in [2.05, 4.69) is 10.3 Å². The van der Waals surface area contributed by atoms with Crippen LogP contribution in [0.4, 0.5) is 9.93 Å². The highest BCUT2D eigenvalue weighted by Gasteiger charge is 2.29. The summed E-state index contributed by atoms with van der Waals surface area (Å²) in [6.45, 7) is 1.13. The summed E-state index contributed by atoms with van der Waals surface area (Å²) in [5.74, 6) is -0.306. The molecular weight excluding hydrogens is 372 g/mol. The van der Waals surface area contributed by atoms with E-state index in [1.165, 1.54) is 11.3 Å². The third-order valence-electron chi connectivity index (χ3n) is 4.30. The number of aromatic nitrogens is 1. The molecule has 2 aromatic rings. The van der Waals surface area contributed by atoms with E-state index < -0.39 is 0 Å². The van der Waals surface area contributed by atoms with Crippen LogP contribution >= 0.6 is 22.9 Å². The van der Waals surface area contributed by atoms with E-state index in [-0.39, 0.29) is 17.9 Å². The molecule has 1 saturated heterocycles. The quantitative estimate of drug-likeness (QED) is 0.864. The van der Waals surface area contributed by atoms with Gasteiger partial charge >= 0.3 is 6.03 Å². The number of piperidine rings is 1. The molecule has 0 aliphatic carbocycles. The number of nitrogens with zero attached hydrogens (tertiary/aromatic N) is 3. The number of halogens is 1. The maximum Gasteiger partial charge on any atom is 0.319 e.